The molecule has 0 aliphatic carbocycles. The Morgan fingerprint density at radius 1 is 0.347 bits per heavy atom. The zero-order valence-corrected chi connectivity index (χ0v) is 47.4. The first kappa shape index (κ1) is 68.8. The van der Waals surface area contributed by atoms with Gasteiger partial charge in [-0.25, -0.2) is 0 Å². The van der Waals surface area contributed by atoms with Crippen molar-refractivity contribution in [3.8, 4) is 0 Å². The van der Waals surface area contributed by atoms with E-state index in [2.05, 4.69) is 129 Å². The molecule has 4 heteroatoms. The van der Waals surface area contributed by atoms with E-state index in [1.807, 2.05) is 6.08 Å². The van der Waals surface area contributed by atoms with Crippen molar-refractivity contribution in [3.63, 3.8) is 0 Å². The van der Waals surface area contributed by atoms with Crippen molar-refractivity contribution in [2.24, 2.45) is 0 Å². The van der Waals surface area contributed by atoms with Gasteiger partial charge in [-0.2, -0.15) is 0 Å². The fourth-order valence-electron chi connectivity index (χ4n) is 8.80. The lowest BCUT2D eigenvalue weighted by Gasteiger charge is -2.19. The molecule has 0 aliphatic heterocycles. The third kappa shape index (κ3) is 57.7. The molecule has 412 valence electrons. The van der Waals surface area contributed by atoms with Gasteiger partial charge in [-0.1, -0.05) is 302 Å². The van der Waals surface area contributed by atoms with Gasteiger partial charge in [0.15, 0.2) is 0 Å². The monoisotopic (exact) mass is 996 g/mol. The molecule has 0 fully saturated rings. The van der Waals surface area contributed by atoms with Gasteiger partial charge in [-0.05, 0) is 96.3 Å². The van der Waals surface area contributed by atoms with Gasteiger partial charge in [0.2, 0.25) is 5.91 Å². The summed E-state index contributed by atoms with van der Waals surface area (Å²) in [7, 11) is 0. The summed E-state index contributed by atoms with van der Waals surface area (Å²) in [5, 5.41) is 23.2. The summed E-state index contributed by atoms with van der Waals surface area (Å²) < 4.78 is 0. The van der Waals surface area contributed by atoms with Crippen LogP contribution < -0.4 is 5.32 Å². The van der Waals surface area contributed by atoms with Crippen LogP contribution in [-0.2, 0) is 4.79 Å². The highest BCUT2D eigenvalue weighted by Crippen LogP contribution is 2.17. The van der Waals surface area contributed by atoms with Crippen molar-refractivity contribution < 1.29 is 15.0 Å². The molecule has 1 amide bonds. The fraction of sp³-hybridized carbons (Fsp3) is 0.691. The van der Waals surface area contributed by atoms with Gasteiger partial charge in [-0.3, -0.25) is 4.79 Å². The zero-order valence-electron chi connectivity index (χ0n) is 47.4. The maximum atomic E-state index is 12.5. The molecule has 0 bridgehead atoms. The number of carbonyl (C=O) groups is 1. The zero-order chi connectivity index (χ0) is 52.0. The number of amides is 1. The molecule has 0 saturated carbocycles. The average molecular weight is 997 g/mol. The molecule has 0 aromatic carbocycles. The Bertz CT molecular complexity index is 1410. The van der Waals surface area contributed by atoms with Crippen LogP contribution in [0.1, 0.15) is 284 Å². The van der Waals surface area contributed by atoms with E-state index in [9.17, 15) is 15.0 Å². The standard InChI is InChI=1S/C68H117NO3/c1-3-5-7-9-11-13-15-17-19-21-23-25-27-29-31-32-33-34-35-36-38-39-41-43-45-47-49-51-53-55-57-59-61-63-67(71)66(65-70)69-68(72)64-62-60-58-56-54-52-50-48-46-44-42-40-37-30-28-26-24-22-20-18-16-14-12-10-8-6-4-2/h6,8,12,14,18,20,24,26,30,37,42,44,48,50,53-56,61,63,66-67,70-71H,3-5,7,9-11,13,15-17,19,21-23,25,27-29,31-36,38-41,43,45-47,49,51-52,57-60,62,64-65H2,1-2H3,(H,69,72)/b8-6-,14-12-,20-18-,26-24-,37-30-,44-42-,50-48-,55-53+,56-54-,63-61+. The third-order valence-electron chi connectivity index (χ3n) is 13.4. The highest BCUT2D eigenvalue weighted by Gasteiger charge is 2.17. The minimum atomic E-state index is -0.892. The first-order valence-corrected chi connectivity index (χ1v) is 30.7. The summed E-state index contributed by atoms with van der Waals surface area (Å²) in [4.78, 5) is 12.5. The third-order valence-corrected chi connectivity index (χ3v) is 13.4. The molecule has 0 saturated heterocycles. The Morgan fingerprint density at radius 2 is 0.625 bits per heavy atom. The SMILES string of the molecule is CC/C=C\C/C=C\C/C=C\C/C=C\C/C=C\C/C=C\C/C=C\C/C=C\CCCCC(=O)NC(CO)C(O)/C=C/CC/C=C/CCCCCCCCCCCCCCCCCCCCCCCCCCCCC. The molecule has 0 aromatic heterocycles. The van der Waals surface area contributed by atoms with Crippen molar-refractivity contribution >= 4 is 5.91 Å². The summed E-state index contributed by atoms with van der Waals surface area (Å²) >= 11 is 0. The summed E-state index contributed by atoms with van der Waals surface area (Å²) in [6, 6.07) is -0.674. The van der Waals surface area contributed by atoms with Gasteiger partial charge in [-0.15, -0.1) is 0 Å². The number of nitrogens with one attached hydrogen (secondary N) is 1. The summed E-state index contributed by atoms with van der Waals surface area (Å²) in [5.74, 6) is -0.119. The van der Waals surface area contributed by atoms with Gasteiger partial charge in [0.05, 0.1) is 18.8 Å². The fourth-order valence-corrected chi connectivity index (χ4v) is 8.80. The van der Waals surface area contributed by atoms with Gasteiger partial charge in [0.1, 0.15) is 0 Å². The van der Waals surface area contributed by atoms with E-state index < -0.39 is 12.1 Å². The molecular weight excluding hydrogens is 879 g/mol. The van der Waals surface area contributed by atoms with E-state index >= 15 is 0 Å². The number of carbonyl (C=O) groups excluding carboxylic acids is 1. The first-order valence-electron chi connectivity index (χ1n) is 30.7. The van der Waals surface area contributed by atoms with Crippen LogP contribution in [0.4, 0.5) is 0 Å². The predicted octanol–water partition coefficient (Wildman–Crippen LogP) is 20.8. The summed E-state index contributed by atoms with van der Waals surface area (Å²) in [6.45, 7) is 4.18. The number of allylic oxidation sites excluding steroid dienone is 19. The van der Waals surface area contributed by atoms with E-state index in [0.717, 1.165) is 89.9 Å². The Hall–Kier alpha value is -3.21. The van der Waals surface area contributed by atoms with E-state index in [0.29, 0.717) is 6.42 Å². The maximum absolute atomic E-state index is 12.5. The molecule has 0 heterocycles. The number of aliphatic hydroxyl groups is 2. The molecule has 4 nitrogen and oxygen atoms in total. The lowest BCUT2D eigenvalue weighted by atomic mass is 10.0. The molecular formula is C68H117NO3. The van der Waals surface area contributed by atoms with Crippen LogP contribution in [0.3, 0.4) is 0 Å². The molecule has 72 heavy (non-hydrogen) atoms. The second kappa shape index (κ2) is 62.1. The molecule has 0 aliphatic rings. The topological polar surface area (TPSA) is 69.6 Å². The van der Waals surface area contributed by atoms with Gasteiger partial charge < -0.3 is 15.5 Å². The van der Waals surface area contributed by atoms with Crippen LogP contribution >= 0.6 is 0 Å². The van der Waals surface area contributed by atoms with Crippen LogP contribution in [0.25, 0.3) is 0 Å². The predicted molar refractivity (Wildman–Crippen MR) is 322 cm³/mol. The van der Waals surface area contributed by atoms with E-state index in [-0.39, 0.29) is 12.5 Å². The quantitative estimate of drug-likeness (QED) is 0.0420. The Balaban J connectivity index is 3.62. The largest absolute Gasteiger partial charge is 0.394 e. The first-order chi connectivity index (χ1) is 35.7. The van der Waals surface area contributed by atoms with Crippen LogP contribution in [0.5, 0.6) is 0 Å². The minimum absolute atomic E-state index is 0.119. The van der Waals surface area contributed by atoms with E-state index in [4.69, 9.17) is 0 Å². The second-order valence-corrected chi connectivity index (χ2v) is 20.4. The molecule has 3 N–H and O–H groups in total. The lowest BCUT2D eigenvalue weighted by molar-refractivity contribution is -0.123. The van der Waals surface area contributed by atoms with Crippen LogP contribution in [-0.4, -0.2) is 34.9 Å². The minimum Gasteiger partial charge on any atom is -0.394 e. The Morgan fingerprint density at radius 3 is 0.972 bits per heavy atom. The van der Waals surface area contributed by atoms with E-state index in [1.54, 1.807) is 6.08 Å². The number of hydrogen-bond acceptors (Lipinski definition) is 3. The molecule has 2 atom stereocenters. The molecule has 0 aromatic rings. The van der Waals surface area contributed by atoms with Gasteiger partial charge in [0.25, 0.3) is 0 Å². The van der Waals surface area contributed by atoms with Crippen molar-refractivity contribution in [1.29, 1.82) is 0 Å². The van der Waals surface area contributed by atoms with Crippen molar-refractivity contribution in [3.05, 3.63) is 122 Å². The van der Waals surface area contributed by atoms with Crippen LogP contribution in [0, 0.1) is 0 Å². The number of rotatable bonds is 55. The van der Waals surface area contributed by atoms with Crippen molar-refractivity contribution in [2.45, 2.75) is 296 Å². The van der Waals surface area contributed by atoms with Crippen molar-refractivity contribution in [2.75, 3.05) is 6.61 Å². The number of hydrogen-bond donors (Lipinski definition) is 3. The maximum Gasteiger partial charge on any atom is 0.220 e. The molecule has 0 spiro atoms. The van der Waals surface area contributed by atoms with Gasteiger partial charge >= 0.3 is 0 Å². The molecule has 0 radical (unpaired) electrons. The second-order valence-electron chi connectivity index (χ2n) is 20.4. The summed E-state index contributed by atoms with van der Waals surface area (Å²) in [5.41, 5.74) is 0. The summed E-state index contributed by atoms with van der Waals surface area (Å²) in [6.07, 6.45) is 95.3. The van der Waals surface area contributed by atoms with Crippen molar-refractivity contribution in [1.82, 2.24) is 5.32 Å². The van der Waals surface area contributed by atoms with E-state index in [1.165, 1.54) is 173 Å². The Labute approximate surface area is 448 Å². The Kier molecular flexibility index (Phi) is 59.3. The average Bonchev–Trinajstić information content (AvgIpc) is 3.39. The molecule has 2 unspecified atom stereocenters. The normalized spacial score (nSPS) is 13.7. The molecule has 0 rings (SSSR count). The van der Waals surface area contributed by atoms with Crippen LogP contribution in [0.2, 0.25) is 0 Å². The van der Waals surface area contributed by atoms with Gasteiger partial charge in [0, 0.05) is 6.42 Å². The lowest BCUT2D eigenvalue weighted by Crippen LogP contribution is -2.45. The highest BCUT2D eigenvalue weighted by molar-refractivity contribution is 5.76. The number of unbranched alkanes of at least 4 members (excludes halogenated alkanes) is 30. The smallest absolute Gasteiger partial charge is 0.220 e. The van der Waals surface area contributed by atoms with Crippen LogP contribution in [0.15, 0.2) is 122 Å². The highest BCUT2D eigenvalue weighted by atomic mass is 16.3. The number of aliphatic hydroxyl groups excluding tert-OH is 2.